The number of benzene rings is 1. The van der Waals surface area contributed by atoms with Crippen LogP contribution in [0.3, 0.4) is 0 Å². The van der Waals surface area contributed by atoms with Gasteiger partial charge in [-0.05, 0) is 23.7 Å². The summed E-state index contributed by atoms with van der Waals surface area (Å²) in [6.45, 7) is -2.99. The van der Waals surface area contributed by atoms with Crippen LogP contribution in [0.2, 0.25) is 0 Å². The molecule has 6 unspecified atom stereocenters. The standard InChI is InChI=1S/C27H35N8O17P/c28-16-5-6-35(26(46)31-16)24-21(42)20(41)15(50-24)10-49-53(47,48)52-27(25(44)45)7-13(37)18(22(51-27)19(40)14(38)9-36)32-17(39)8-30-23(43)11-1-3-12(4-2-11)33-34-29/h1-6,13-15,18-22,24,36-38,40-42H,7-10H2,(H,30,43)(H,32,39)(H,44,45)(H,47,48)(H2,28,31,46)/t13?,14-,15-,18?,19-,20-,21-,22?,24?,27?/m1/s1. The van der Waals surface area contributed by atoms with Crippen molar-refractivity contribution in [1.82, 2.24) is 20.2 Å². The summed E-state index contributed by atoms with van der Waals surface area (Å²) in [5.41, 5.74) is 13.2. The molecule has 2 fully saturated rings. The summed E-state index contributed by atoms with van der Waals surface area (Å²) in [5, 5.41) is 80.0. The molecule has 3 heterocycles. The SMILES string of the molecule is [N-]=[N+]=Nc1ccc(C(=O)NCC(=O)NC2C(O)CC(OP(=O)(O)OC[C@H]3OC(n4ccc(N)nc4=O)[C@H](O)[C@@H]3O)(C(=O)O)OC2[C@H](O)[C@H](O)CO)cc1. The van der Waals surface area contributed by atoms with Crippen LogP contribution in [0, 0.1) is 0 Å². The lowest BCUT2D eigenvalue weighted by Gasteiger charge is -2.46. The van der Waals surface area contributed by atoms with Crippen LogP contribution < -0.4 is 22.1 Å². The number of azide groups is 1. The molecule has 2 aromatic rings. The molecule has 53 heavy (non-hydrogen) atoms. The molecule has 12 N–H and O–H groups in total. The molecule has 0 bridgehead atoms. The van der Waals surface area contributed by atoms with Gasteiger partial charge >= 0.3 is 19.5 Å². The van der Waals surface area contributed by atoms with Crippen LogP contribution in [-0.2, 0) is 32.7 Å². The predicted octanol–water partition coefficient (Wildman–Crippen LogP) is -3.92. The van der Waals surface area contributed by atoms with E-state index in [0.29, 0.717) is 0 Å². The number of nitrogen functional groups attached to an aromatic ring is 1. The Morgan fingerprint density at radius 2 is 1.87 bits per heavy atom. The summed E-state index contributed by atoms with van der Waals surface area (Å²) in [7, 11) is -5.65. The zero-order valence-corrected chi connectivity index (χ0v) is 27.9. The Balaban J connectivity index is 1.46. The number of ether oxygens (including phenoxy) is 2. The Hall–Kier alpha value is -4.59. The van der Waals surface area contributed by atoms with Crippen molar-refractivity contribution in [3.8, 4) is 0 Å². The number of carboxylic acid groups (broad SMARTS) is 1. The summed E-state index contributed by atoms with van der Waals surface area (Å²) in [5.74, 6) is -7.49. The summed E-state index contributed by atoms with van der Waals surface area (Å²) in [6, 6.07) is 4.61. The Labute approximate surface area is 296 Å². The molecule has 0 spiro atoms. The molecule has 0 aliphatic carbocycles. The number of carboxylic acids is 1. The van der Waals surface area contributed by atoms with Gasteiger partial charge in [-0.15, -0.1) is 0 Å². The molecule has 0 saturated carbocycles. The highest BCUT2D eigenvalue weighted by atomic mass is 31.2. The first-order valence-electron chi connectivity index (χ1n) is 15.2. The predicted molar refractivity (Wildman–Crippen MR) is 170 cm³/mol. The lowest BCUT2D eigenvalue weighted by atomic mass is 9.88. The number of phosphoric ester groups is 1. The first kappa shape index (κ1) is 41.2. The molecule has 1 aromatic heterocycles. The molecule has 4 rings (SSSR count). The molecule has 2 amide bonds. The van der Waals surface area contributed by atoms with Gasteiger partial charge in [0.2, 0.25) is 5.91 Å². The second kappa shape index (κ2) is 17.0. The highest BCUT2D eigenvalue weighted by molar-refractivity contribution is 7.47. The number of rotatable bonds is 15. The number of hydrogen-bond acceptors (Lipinski definition) is 18. The van der Waals surface area contributed by atoms with Crippen molar-refractivity contribution in [3.63, 3.8) is 0 Å². The molecular formula is C27H35N8O17P. The van der Waals surface area contributed by atoms with Crippen molar-refractivity contribution in [2.24, 2.45) is 5.11 Å². The van der Waals surface area contributed by atoms with Crippen LogP contribution in [0.1, 0.15) is 23.0 Å². The third-order valence-corrected chi connectivity index (χ3v) is 8.97. The molecule has 2 saturated heterocycles. The van der Waals surface area contributed by atoms with Gasteiger partial charge in [-0.3, -0.25) is 18.7 Å². The molecular weight excluding hydrogens is 739 g/mol. The second-order valence-corrected chi connectivity index (χ2v) is 13.0. The van der Waals surface area contributed by atoms with Gasteiger partial charge in [0.05, 0.1) is 31.9 Å². The first-order chi connectivity index (χ1) is 24.9. The highest BCUT2D eigenvalue weighted by Gasteiger charge is 2.59. The average molecular weight is 775 g/mol. The van der Waals surface area contributed by atoms with Crippen molar-refractivity contribution < 1.29 is 78.1 Å². The number of aromatic nitrogens is 2. The van der Waals surface area contributed by atoms with E-state index in [1.807, 2.05) is 0 Å². The van der Waals surface area contributed by atoms with E-state index < -0.39 is 118 Å². The lowest BCUT2D eigenvalue weighted by Crippen LogP contribution is -2.68. The van der Waals surface area contributed by atoms with Gasteiger partial charge in [-0.1, -0.05) is 17.2 Å². The van der Waals surface area contributed by atoms with Crippen LogP contribution >= 0.6 is 7.82 Å². The van der Waals surface area contributed by atoms with E-state index in [-0.39, 0.29) is 17.1 Å². The number of aliphatic hydroxyl groups excluding tert-OH is 6. The molecule has 290 valence electrons. The van der Waals surface area contributed by atoms with E-state index in [9.17, 15) is 64.4 Å². The maximum absolute atomic E-state index is 13.1. The van der Waals surface area contributed by atoms with Crippen LogP contribution in [0.25, 0.3) is 10.4 Å². The fraction of sp³-hybridized carbons (Fsp3) is 0.519. The van der Waals surface area contributed by atoms with Gasteiger partial charge < -0.3 is 66.5 Å². The van der Waals surface area contributed by atoms with E-state index in [1.165, 1.54) is 30.3 Å². The Morgan fingerprint density at radius 1 is 1.19 bits per heavy atom. The molecule has 0 radical (unpaired) electrons. The van der Waals surface area contributed by atoms with Gasteiger partial charge in [0.1, 0.15) is 42.4 Å². The number of nitrogens with zero attached hydrogens (tertiary/aromatic N) is 5. The minimum atomic E-state index is -5.65. The van der Waals surface area contributed by atoms with E-state index in [4.69, 9.17) is 29.8 Å². The van der Waals surface area contributed by atoms with E-state index in [2.05, 4.69) is 25.6 Å². The molecule has 2 aliphatic rings. The number of hydrogen-bond donors (Lipinski definition) is 11. The number of nitrogens with two attached hydrogens (primary N) is 1. The topological polar surface area (TPSA) is 401 Å². The molecule has 2 aliphatic heterocycles. The fourth-order valence-electron chi connectivity index (χ4n) is 5.31. The van der Waals surface area contributed by atoms with Crippen molar-refractivity contribution in [2.75, 3.05) is 25.5 Å². The molecule has 25 nitrogen and oxygen atoms in total. The van der Waals surface area contributed by atoms with Crippen LogP contribution in [0.15, 0.2) is 46.4 Å². The third kappa shape index (κ3) is 9.70. The molecule has 26 heteroatoms. The van der Waals surface area contributed by atoms with Crippen molar-refractivity contribution in [3.05, 3.63) is 63.0 Å². The number of nitrogens with one attached hydrogen (secondary N) is 2. The normalized spacial score (nSPS) is 29.2. The van der Waals surface area contributed by atoms with Gasteiger partial charge in [0.15, 0.2) is 6.23 Å². The minimum Gasteiger partial charge on any atom is -0.477 e. The highest BCUT2D eigenvalue weighted by Crippen LogP contribution is 2.51. The fourth-order valence-corrected chi connectivity index (χ4v) is 6.27. The van der Waals surface area contributed by atoms with E-state index >= 15 is 0 Å². The Morgan fingerprint density at radius 3 is 2.47 bits per heavy atom. The minimum absolute atomic E-state index is 0.0497. The summed E-state index contributed by atoms with van der Waals surface area (Å²) in [6.07, 6.45) is -15.7. The van der Waals surface area contributed by atoms with Crippen LogP contribution in [-0.4, -0.2) is 142 Å². The van der Waals surface area contributed by atoms with Gasteiger partial charge in [-0.2, -0.15) is 4.98 Å². The lowest BCUT2D eigenvalue weighted by molar-refractivity contribution is -0.289. The van der Waals surface area contributed by atoms with Crippen molar-refractivity contribution in [1.29, 1.82) is 0 Å². The molecule has 11 atom stereocenters. The summed E-state index contributed by atoms with van der Waals surface area (Å²) >= 11 is 0. The maximum atomic E-state index is 13.1. The number of phosphoric acid groups is 1. The second-order valence-electron chi connectivity index (χ2n) is 11.6. The first-order valence-corrected chi connectivity index (χ1v) is 16.7. The number of aliphatic carboxylic acids is 1. The van der Waals surface area contributed by atoms with Crippen molar-refractivity contribution >= 4 is 37.1 Å². The zero-order valence-electron chi connectivity index (χ0n) is 27.0. The molecule has 1 aromatic carbocycles. The average Bonchev–Trinajstić information content (AvgIpc) is 3.39. The Kier molecular flexibility index (Phi) is 13.2. The quantitative estimate of drug-likeness (QED) is 0.0356. The maximum Gasteiger partial charge on any atom is 0.475 e. The number of carbonyl (C=O) groups is 3. The van der Waals surface area contributed by atoms with Crippen LogP contribution in [0.4, 0.5) is 11.5 Å². The van der Waals surface area contributed by atoms with Gasteiger partial charge in [0.25, 0.3) is 11.7 Å². The third-order valence-electron chi connectivity index (χ3n) is 7.97. The largest absolute Gasteiger partial charge is 0.477 e. The van der Waals surface area contributed by atoms with Gasteiger partial charge in [0, 0.05) is 28.8 Å². The van der Waals surface area contributed by atoms with E-state index in [1.54, 1.807) is 0 Å². The van der Waals surface area contributed by atoms with Gasteiger partial charge in [-0.25, -0.2) is 18.7 Å². The smallest absolute Gasteiger partial charge is 0.475 e. The van der Waals surface area contributed by atoms with Crippen molar-refractivity contribution in [2.45, 2.75) is 67.2 Å². The zero-order chi connectivity index (χ0) is 39.2. The van der Waals surface area contributed by atoms with E-state index in [0.717, 1.165) is 10.8 Å². The monoisotopic (exact) mass is 774 g/mol. The number of amides is 2. The number of carbonyl (C=O) groups excluding carboxylic acids is 2. The number of aliphatic hydroxyl groups is 6. The Bertz CT molecular complexity index is 1810. The number of anilines is 1. The van der Waals surface area contributed by atoms with Crippen LogP contribution in [0.5, 0.6) is 0 Å². The summed E-state index contributed by atoms with van der Waals surface area (Å²) in [4.78, 5) is 66.5. The summed E-state index contributed by atoms with van der Waals surface area (Å²) < 4.78 is 34.2.